The minimum absolute atomic E-state index is 0.112. The van der Waals surface area contributed by atoms with E-state index in [4.69, 9.17) is 9.05 Å². The van der Waals surface area contributed by atoms with Gasteiger partial charge in [0.2, 0.25) is 5.91 Å². The lowest BCUT2D eigenvalue weighted by atomic mass is 10.0. The first-order valence-electron chi connectivity index (χ1n) is 11.2. The van der Waals surface area contributed by atoms with Crippen LogP contribution < -0.4 is 5.32 Å². The van der Waals surface area contributed by atoms with Crippen LogP contribution >= 0.6 is 7.60 Å². The van der Waals surface area contributed by atoms with Crippen molar-refractivity contribution in [3.8, 4) is 0 Å². The van der Waals surface area contributed by atoms with Gasteiger partial charge in [-0.15, -0.1) is 0 Å². The van der Waals surface area contributed by atoms with E-state index in [0.717, 1.165) is 21.5 Å². The van der Waals surface area contributed by atoms with E-state index in [0.29, 0.717) is 23.1 Å². The second-order valence-electron chi connectivity index (χ2n) is 7.74. The van der Waals surface area contributed by atoms with E-state index in [2.05, 4.69) is 5.32 Å². The third kappa shape index (κ3) is 4.66. The van der Waals surface area contributed by atoms with Crippen molar-refractivity contribution < 1.29 is 23.2 Å². The Bertz CT molecular complexity index is 1390. The summed E-state index contributed by atoms with van der Waals surface area (Å²) in [7, 11) is -3.92. The Morgan fingerprint density at radius 3 is 2.12 bits per heavy atom. The Balaban J connectivity index is 1.85. The van der Waals surface area contributed by atoms with Crippen molar-refractivity contribution >= 4 is 47.0 Å². The maximum Gasteiger partial charge on any atom is 0.347 e. The number of anilines is 1. The van der Waals surface area contributed by atoms with Gasteiger partial charge in [0, 0.05) is 5.56 Å². The van der Waals surface area contributed by atoms with Crippen molar-refractivity contribution in [2.75, 3.05) is 18.5 Å². The Hall–Kier alpha value is -3.31. The number of carbonyl (C=O) groups excluding carboxylic acids is 2. The number of fused-ring (bicyclic) bond motifs is 2. The molecule has 0 aliphatic heterocycles. The topological polar surface area (TPSA) is 81.7 Å². The fourth-order valence-electron chi connectivity index (χ4n) is 4.16. The molecule has 0 spiro atoms. The Kier molecular flexibility index (Phi) is 7.23. The Morgan fingerprint density at radius 2 is 1.47 bits per heavy atom. The third-order valence-electron chi connectivity index (χ3n) is 5.60. The molecule has 0 aliphatic rings. The molecule has 0 bridgehead atoms. The van der Waals surface area contributed by atoms with E-state index in [1.54, 1.807) is 32.0 Å². The average Bonchev–Trinajstić information content (AvgIpc) is 2.84. The first-order chi connectivity index (χ1) is 16.5. The number of aldehydes is 1. The molecule has 34 heavy (non-hydrogen) atoms. The van der Waals surface area contributed by atoms with Gasteiger partial charge in [0.15, 0.2) is 11.9 Å². The van der Waals surface area contributed by atoms with Gasteiger partial charge in [0.25, 0.3) is 0 Å². The highest BCUT2D eigenvalue weighted by atomic mass is 31.2. The molecule has 7 heteroatoms. The van der Waals surface area contributed by atoms with Gasteiger partial charge in [-0.05, 0) is 53.1 Å². The predicted octanol–water partition coefficient (Wildman–Crippen LogP) is 6.75. The summed E-state index contributed by atoms with van der Waals surface area (Å²) in [6.07, 6.45) is 0.694. The van der Waals surface area contributed by atoms with Crippen molar-refractivity contribution in [3.05, 3.63) is 90.0 Å². The van der Waals surface area contributed by atoms with Crippen molar-refractivity contribution in [1.29, 1.82) is 0 Å². The van der Waals surface area contributed by atoms with E-state index in [1.165, 1.54) is 0 Å². The van der Waals surface area contributed by atoms with Crippen LogP contribution in [0.1, 0.15) is 35.4 Å². The molecule has 4 rings (SSSR count). The van der Waals surface area contributed by atoms with E-state index >= 15 is 0 Å². The minimum atomic E-state index is -3.92. The van der Waals surface area contributed by atoms with Crippen molar-refractivity contribution in [1.82, 2.24) is 0 Å². The monoisotopic (exact) mass is 475 g/mol. The zero-order valence-electron chi connectivity index (χ0n) is 19.1. The molecule has 6 nitrogen and oxygen atoms in total. The predicted molar refractivity (Wildman–Crippen MR) is 136 cm³/mol. The zero-order valence-corrected chi connectivity index (χ0v) is 20.0. The van der Waals surface area contributed by atoms with Gasteiger partial charge in [0.05, 0.1) is 18.9 Å². The van der Waals surface area contributed by atoms with Crippen LogP contribution in [-0.2, 0) is 18.4 Å². The van der Waals surface area contributed by atoms with Crippen LogP contribution in [-0.4, -0.2) is 25.4 Å². The first-order valence-corrected chi connectivity index (χ1v) is 12.8. The molecule has 0 aliphatic carbocycles. The van der Waals surface area contributed by atoms with Crippen LogP contribution in [0.2, 0.25) is 0 Å². The lowest BCUT2D eigenvalue weighted by Gasteiger charge is -2.27. The van der Waals surface area contributed by atoms with Crippen LogP contribution in [0, 0.1) is 0 Å². The molecule has 0 heterocycles. The van der Waals surface area contributed by atoms with Crippen molar-refractivity contribution in [2.24, 2.45) is 0 Å². The third-order valence-corrected chi connectivity index (χ3v) is 7.98. The molecule has 1 amide bonds. The molecule has 1 atom stereocenters. The van der Waals surface area contributed by atoms with Crippen LogP contribution in [0.15, 0.2) is 78.9 Å². The zero-order chi connectivity index (χ0) is 24.1. The van der Waals surface area contributed by atoms with E-state index in [-0.39, 0.29) is 13.2 Å². The van der Waals surface area contributed by atoms with Gasteiger partial charge < -0.3 is 14.4 Å². The smallest absolute Gasteiger partial charge is 0.324 e. The largest absolute Gasteiger partial charge is 0.347 e. The van der Waals surface area contributed by atoms with Gasteiger partial charge >= 0.3 is 7.60 Å². The number of hydrogen-bond acceptors (Lipinski definition) is 5. The van der Waals surface area contributed by atoms with Gasteiger partial charge in [-0.2, -0.15) is 0 Å². The molecule has 0 aromatic heterocycles. The lowest BCUT2D eigenvalue weighted by molar-refractivity contribution is -0.116. The normalized spacial score (nSPS) is 12.5. The van der Waals surface area contributed by atoms with Crippen molar-refractivity contribution in [2.45, 2.75) is 19.5 Å². The van der Waals surface area contributed by atoms with E-state index < -0.39 is 19.2 Å². The Morgan fingerprint density at radius 1 is 0.882 bits per heavy atom. The number of amides is 1. The maximum atomic E-state index is 14.0. The summed E-state index contributed by atoms with van der Waals surface area (Å²) < 4.78 is 25.2. The number of hydrogen-bond donors (Lipinski definition) is 1. The summed E-state index contributed by atoms with van der Waals surface area (Å²) in [5.41, 5.74) is -0.0337. The summed E-state index contributed by atoms with van der Waals surface area (Å²) >= 11 is 0. The first kappa shape index (κ1) is 23.8. The molecule has 4 aromatic rings. The summed E-state index contributed by atoms with van der Waals surface area (Å²) in [6, 6.07) is 24.1. The summed E-state index contributed by atoms with van der Waals surface area (Å²) in [5.74, 6) is -0.569. The molecule has 0 saturated carbocycles. The molecule has 4 aromatic carbocycles. The lowest BCUT2D eigenvalue weighted by Crippen LogP contribution is -2.24. The van der Waals surface area contributed by atoms with Gasteiger partial charge in [-0.25, -0.2) is 0 Å². The van der Waals surface area contributed by atoms with Crippen LogP contribution in [0.5, 0.6) is 0 Å². The summed E-state index contributed by atoms with van der Waals surface area (Å²) in [6.45, 7) is 3.64. The molecular weight excluding hydrogens is 449 g/mol. The fourth-order valence-corrected chi connectivity index (χ4v) is 6.17. The van der Waals surface area contributed by atoms with Gasteiger partial charge in [0.1, 0.15) is 0 Å². The van der Waals surface area contributed by atoms with Gasteiger partial charge in [-0.3, -0.25) is 14.2 Å². The maximum absolute atomic E-state index is 14.0. The molecule has 0 saturated heterocycles. The SMILES string of the molecule is CCOP(=O)(OCC)C(C(=O)Nc1cc2ccccc2cc1C=O)c1cccc2ccccc12. The molecule has 1 unspecified atom stereocenters. The number of benzene rings is 4. The van der Waals surface area contributed by atoms with E-state index in [1.807, 2.05) is 60.7 Å². The number of nitrogens with one attached hydrogen (secondary N) is 1. The summed E-state index contributed by atoms with van der Waals surface area (Å²) in [4.78, 5) is 25.6. The standard InChI is InChI=1S/C27H26NO5P/c1-3-32-34(31,33-4-2)26(24-15-9-13-19-10-7-8-14-23(19)24)27(30)28-25-17-21-12-6-5-11-20(21)16-22(25)18-29/h5-18,26H,3-4H2,1-2H3,(H,28,30). The van der Waals surface area contributed by atoms with Gasteiger partial charge in [-0.1, -0.05) is 66.7 Å². The molecule has 174 valence electrons. The van der Waals surface area contributed by atoms with Crippen LogP contribution in [0.25, 0.3) is 21.5 Å². The molecule has 0 radical (unpaired) electrons. The van der Waals surface area contributed by atoms with Crippen molar-refractivity contribution in [3.63, 3.8) is 0 Å². The number of rotatable bonds is 9. The molecule has 0 fully saturated rings. The van der Waals surface area contributed by atoms with E-state index in [9.17, 15) is 14.2 Å². The van der Waals surface area contributed by atoms with Crippen LogP contribution in [0.4, 0.5) is 5.69 Å². The number of carbonyl (C=O) groups is 2. The van der Waals surface area contributed by atoms with Crippen LogP contribution in [0.3, 0.4) is 0 Å². The minimum Gasteiger partial charge on any atom is -0.324 e. The second kappa shape index (κ2) is 10.3. The molecular formula is C27H26NO5P. The highest BCUT2D eigenvalue weighted by Gasteiger charge is 2.43. The Labute approximate surface area is 198 Å². The highest BCUT2D eigenvalue weighted by molar-refractivity contribution is 7.55. The second-order valence-corrected chi connectivity index (χ2v) is 9.85. The fraction of sp³-hybridized carbons (Fsp3) is 0.185. The highest BCUT2D eigenvalue weighted by Crippen LogP contribution is 2.62. The average molecular weight is 475 g/mol. The summed E-state index contributed by atoms with van der Waals surface area (Å²) in [5, 5.41) is 6.25. The quantitative estimate of drug-likeness (QED) is 0.214. The molecule has 1 N–H and O–H groups in total.